The largest absolute Gasteiger partial charge is 0.497 e. The van der Waals surface area contributed by atoms with E-state index < -0.39 is 5.97 Å². The van der Waals surface area contributed by atoms with Crippen molar-refractivity contribution in [2.24, 2.45) is 0 Å². The second kappa shape index (κ2) is 6.78. The molecule has 1 aromatic heterocycles. The van der Waals surface area contributed by atoms with Crippen LogP contribution in [0.2, 0.25) is 0 Å². The summed E-state index contributed by atoms with van der Waals surface area (Å²) in [6, 6.07) is 9.19. The van der Waals surface area contributed by atoms with Gasteiger partial charge < -0.3 is 19.5 Å². The highest BCUT2D eigenvalue weighted by atomic mass is 16.5. The van der Waals surface area contributed by atoms with Crippen LogP contribution in [-0.2, 0) is 0 Å². The molecule has 1 N–H and O–H groups in total. The predicted octanol–water partition coefficient (Wildman–Crippen LogP) is 2.79. The van der Waals surface area contributed by atoms with E-state index >= 15 is 0 Å². The molecule has 0 saturated carbocycles. The highest BCUT2D eigenvalue weighted by molar-refractivity contribution is 5.87. The van der Waals surface area contributed by atoms with Gasteiger partial charge in [0.2, 0.25) is 0 Å². The van der Waals surface area contributed by atoms with Crippen LogP contribution in [0.5, 0.6) is 11.5 Å². The van der Waals surface area contributed by atoms with Crippen molar-refractivity contribution in [3.63, 3.8) is 0 Å². The molecule has 1 atom stereocenters. The van der Waals surface area contributed by atoms with Gasteiger partial charge in [-0.25, -0.2) is 9.78 Å². The SMILES string of the molecule is COc1ccc(OC)c(C2CCN(c3ccc(C(=O)O)cn3)C2)c1. The topological polar surface area (TPSA) is 71.9 Å². The molecule has 1 aromatic carbocycles. The van der Waals surface area contributed by atoms with E-state index in [1.807, 2.05) is 18.2 Å². The van der Waals surface area contributed by atoms with Crippen molar-refractivity contribution in [1.29, 1.82) is 0 Å². The maximum Gasteiger partial charge on any atom is 0.337 e. The quantitative estimate of drug-likeness (QED) is 0.910. The van der Waals surface area contributed by atoms with Crippen molar-refractivity contribution in [2.75, 3.05) is 32.2 Å². The third-order valence-electron chi connectivity index (χ3n) is 4.38. The number of aromatic carboxylic acids is 1. The van der Waals surface area contributed by atoms with Gasteiger partial charge in [0, 0.05) is 30.8 Å². The highest BCUT2D eigenvalue weighted by Gasteiger charge is 2.27. The van der Waals surface area contributed by atoms with Crippen molar-refractivity contribution in [1.82, 2.24) is 4.98 Å². The van der Waals surface area contributed by atoms with E-state index in [-0.39, 0.29) is 5.56 Å². The number of pyridine rings is 1. The van der Waals surface area contributed by atoms with Crippen LogP contribution in [0.15, 0.2) is 36.5 Å². The molecule has 0 amide bonds. The summed E-state index contributed by atoms with van der Waals surface area (Å²) in [5, 5.41) is 8.96. The van der Waals surface area contributed by atoms with E-state index in [1.54, 1.807) is 26.4 Å². The van der Waals surface area contributed by atoms with E-state index in [9.17, 15) is 4.79 Å². The molecule has 1 saturated heterocycles. The van der Waals surface area contributed by atoms with Gasteiger partial charge in [0.1, 0.15) is 17.3 Å². The van der Waals surface area contributed by atoms with Gasteiger partial charge in [0.15, 0.2) is 0 Å². The second-order valence-corrected chi connectivity index (χ2v) is 5.75. The lowest BCUT2D eigenvalue weighted by Crippen LogP contribution is -2.20. The molecule has 6 heteroatoms. The molecule has 126 valence electrons. The number of methoxy groups -OCH3 is 2. The number of rotatable bonds is 5. The van der Waals surface area contributed by atoms with Gasteiger partial charge in [0.05, 0.1) is 19.8 Å². The minimum atomic E-state index is -0.963. The summed E-state index contributed by atoms with van der Waals surface area (Å²) in [4.78, 5) is 17.4. The first kappa shape index (κ1) is 16.1. The Kier molecular flexibility index (Phi) is 4.55. The van der Waals surface area contributed by atoms with Crippen LogP contribution < -0.4 is 14.4 Å². The van der Waals surface area contributed by atoms with Gasteiger partial charge in [-0.1, -0.05) is 0 Å². The average Bonchev–Trinajstić information content (AvgIpc) is 3.11. The number of carbonyl (C=O) groups is 1. The molecule has 2 heterocycles. The smallest absolute Gasteiger partial charge is 0.337 e. The second-order valence-electron chi connectivity index (χ2n) is 5.75. The van der Waals surface area contributed by atoms with Crippen LogP contribution in [0.4, 0.5) is 5.82 Å². The van der Waals surface area contributed by atoms with Crippen LogP contribution in [0.25, 0.3) is 0 Å². The lowest BCUT2D eigenvalue weighted by molar-refractivity contribution is 0.0696. The summed E-state index contributed by atoms with van der Waals surface area (Å²) in [6.07, 6.45) is 2.38. The summed E-state index contributed by atoms with van der Waals surface area (Å²) >= 11 is 0. The zero-order chi connectivity index (χ0) is 17.1. The molecule has 0 aliphatic carbocycles. The number of aromatic nitrogens is 1. The number of hydrogen-bond donors (Lipinski definition) is 1. The number of nitrogens with zero attached hydrogens (tertiary/aromatic N) is 2. The highest BCUT2D eigenvalue weighted by Crippen LogP contribution is 2.37. The molecule has 1 fully saturated rings. The molecule has 6 nitrogen and oxygen atoms in total. The van der Waals surface area contributed by atoms with Crippen LogP contribution >= 0.6 is 0 Å². The van der Waals surface area contributed by atoms with Crippen LogP contribution in [0, 0.1) is 0 Å². The Morgan fingerprint density at radius 3 is 2.71 bits per heavy atom. The van der Waals surface area contributed by atoms with Crippen molar-refractivity contribution in [2.45, 2.75) is 12.3 Å². The fourth-order valence-corrected chi connectivity index (χ4v) is 3.08. The van der Waals surface area contributed by atoms with E-state index in [0.29, 0.717) is 5.92 Å². The maximum absolute atomic E-state index is 10.9. The van der Waals surface area contributed by atoms with E-state index in [1.165, 1.54) is 6.20 Å². The number of hydrogen-bond acceptors (Lipinski definition) is 5. The van der Waals surface area contributed by atoms with Gasteiger partial charge in [-0.2, -0.15) is 0 Å². The molecule has 1 unspecified atom stereocenters. The Balaban J connectivity index is 1.79. The van der Waals surface area contributed by atoms with Crippen LogP contribution in [0.1, 0.15) is 28.3 Å². The van der Waals surface area contributed by atoms with E-state index in [2.05, 4.69) is 9.88 Å². The Hall–Kier alpha value is -2.76. The molecule has 0 radical (unpaired) electrons. The predicted molar refractivity (Wildman–Crippen MR) is 90.3 cm³/mol. The molecule has 1 aliphatic rings. The third-order valence-corrected chi connectivity index (χ3v) is 4.38. The minimum Gasteiger partial charge on any atom is -0.497 e. The number of benzene rings is 1. The monoisotopic (exact) mass is 328 g/mol. The fourth-order valence-electron chi connectivity index (χ4n) is 3.08. The van der Waals surface area contributed by atoms with Gasteiger partial charge in [0.25, 0.3) is 0 Å². The number of carboxylic acids is 1. The summed E-state index contributed by atoms with van der Waals surface area (Å²) in [5.41, 5.74) is 1.32. The van der Waals surface area contributed by atoms with Gasteiger partial charge >= 0.3 is 5.97 Å². The minimum absolute atomic E-state index is 0.198. The first-order valence-corrected chi connectivity index (χ1v) is 7.78. The Labute approximate surface area is 140 Å². The first-order chi connectivity index (χ1) is 11.6. The number of ether oxygens (including phenoxy) is 2. The summed E-state index contributed by atoms with van der Waals surface area (Å²) in [6.45, 7) is 1.67. The summed E-state index contributed by atoms with van der Waals surface area (Å²) in [5.74, 6) is 1.82. The average molecular weight is 328 g/mol. The molecule has 0 bridgehead atoms. The lowest BCUT2D eigenvalue weighted by Gasteiger charge is -2.19. The Morgan fingerprint density at radius 2 is 2.08 bits per heavy atom. The maximum atomic E-state index is 10.9. The zero-order valence-corrected chi connectivity index (χ0v) is 13.7. The summed E-state index contributed by atoms with van der Waals surface area (Å²) < 4.78 is 10.8. The van der Waals surface area contributed by atoms with E-state index in [0.717, 1.165) is 42.4 Å². The van der Waals surface area contributed by atoms with Crippen molar-refractivity contribution >= 4 is 11.8 Å². The molecule has 1 aliphatic heterocycles. The van der Waals surface area contributed by atoms with Gasteiger partial charge in [-0.15, -0.1) is 0 Å². The molecule has 3 rings (SSSR count). The lowest BCUT2D eigenvalue weighted by atomic mass is 9.97. The molecular formula is C18H20N2O4. The molecule has 24 heavy (non-hydrogen) atoms. The van der Waals surface area contributed by atoms with Crippen molar-refractivity contribution in [3.8, 4) is 11.5 Å². The van der Waals surface area contributed by atoms with Gasteiger partial charge in [-0.05, 0) is 36.8 Å². The standard InChI is InChI=1S/C18H20N2O4/c1-23-14-4-5-16(24-2)15(9-14)13-7-8-20(11-13)17-6-3-12(10-19-17)18(21)22/h3-6,9-10,13H,7-8,11H2,1-2H3,(H,21,22). The first-order valence-electron chi connectivity index (χ1n) is 7.78. The van der Waals surface area contributed by atoms with Crippen LogP contribution in [-0.4, -0.2) is 43.4 Å². The molecule has 2 aromatic rings. The fraction of sp³-hybridized carbons (Fsp3) is 0.333. The summed E-state index contributed by atoms with van der Waals surface area (Å²) in [7, 11) is 3.32. The molecule has 0 spiro atoms. The van der Waals surface area contributed by atoms with Crippen molar-refractivity contribution in [3.05, 3.63) is 47.7 Å². The Morgan fingerprint density at radius 1 is 1.25 bits per heavy atom. The molecular weight excluding hydrogens is 308 g/mol. The number of anilines is 1. The number of carboxylic acid groups (broad SMARTS) is 1. The van der Waals surface area contributed by atoms with E-state index in [4.69, 9.17) is 14.6 Å². The van der Waals surface area contributed by atoms with Crippen LogP contribution in [0.3, 0.4) is 0 Å². The zero-order valence-electron chi connectivity index (χ0n) is 13.7. The normalized spacial score (nSPS) is 16.9. The van der Waals surface area contributed by atoms with Gasteiger partial charge in [-0.3, -0.25) is 0 Å². The van der Waals surface area contributed by atoms with Crippen molar-refractivity contribution < 1.29 is 19.4 Å². The third kappa shape index (κ3) is 3.13. The Bertz CT molecular complexity index is 730.